The number of benzene rings is 10. The van der Waals surface area contributed by atoms with Crippen molar-refractivity contribution in [2.24, 2.45) is 0 Å². The minimum Gasteiger partial charge on any atom is -0.0616 e. The Morgan fingerprint density at radius 1 is 0.240 bits per heavy atom. The van der Waals surface area contributed by atoms with E-state index >= 15 is 0 Å². The lowest BCUT2D eigenvalue weighted by molar-refractivity contribution is 1.69. The van der Waals surface area contributed by atoms with Gasteiger partial charge in [-0.05, 0) is 131 Å². The Labute approximate surface area is 307 Å². The summed E-state index contributed by atoms with van der Waals surface area (Å²) in [7, 11) is 0. The molecule has 50 heavy (non-hydrogen) atoms. The summed E-state index contributed by atoms with van der Waals surface area (Å²) in [5.74, 6) is 0. The summed E-state index contributed by atoms with van der Waals surface area (Å²) < 4.78 is 2.34. The number of rotatable bonds is 2. The van der Waals surface area contributed by atoms with E-state index in [1.165, 1.54) is 95.8 Å². The van der Waals surface area contributed by atoms with Crippen molar-refractivity contribution in [3.05, 3.63) is 191 Å². The van der Waals surface area contributed by atoms with Gasteiger partial charge in [-0.1, -0.05) is 170 Å². The average molecular weight is 767 g/mol. The van der Waals surface area contributed by atoms with Gasteiger partial charge in [-0.15, -0.1) is 0 Å². The van der Waals surface area contributed by atoms with Crippen LogP contribution < -0.4 is 0 Å². The summed E-state index contributed by atoms with van der Waals surface area (Å²) in [6.45, 7) is 0. The molecule has 0 fully saturated rings. The van der Waals surface area contributed by atoms with Crippen molar-refractivity contribution in [1.29, 1.82) is 0 Å². The first-order valence-electron chi connectivity index (χ1n) is 16.8. The predicted molar refractivity (Wildman–Crippen MR) is 224 cm³/mol. The molecule has 0 heterocycles. The fraction of sp³-hybridized carbons (Fsp3) is 0. The van der Waals surface area contributed by atoms with Crippen LogP contribution in [0.25, 0.3) is 86.9 Å². The molecule has 0 aliphatic rings. The quantitative estimate of drug-likeness (QED) is 0.154. The summed E-state index contributed by atoms with van der Waals surface area (Å²) in [6, 6.07) is 65.1. The predicted octanol–water partition coefficient (Wildman–Crippen LogP) is 15.2. The van der Waals surface area contributed by atoms with Crippen LogP contribution in [-0.4, -0.2) is 0 Å². The van der Waals surface area contributed by atoms with Crippen LogP contribution in [0.5, 0.6) is 0 Å². The molecule has 0 amide bonds. The van der Waals surface area contributed by atoms with Crippen molar-refractivity contribution < 1.29 is 0 Å². The van der Waals surface area contributed by atoms with Gasteiger partial charge in [0.2, 0.25) is 0 Å². The highest BCUT2D eigenvalue weighted by atomic mass is 79.9. The Kier molecular flexibility index (Phi) is 7.92. The summed E-state index contributed by atoms with van der Waals surface area (Å²) in [4.78, 5) is 0. The SMILES string of the molecule is Brc1c2ccccc2c(-c2ccc3ccccc3c2)c2ccccc12.Brc1c2ccccc2c(-c2ccc3ccccc3c2)c2ccccc12. The van der Waals surface area contributed by atoms with Gasteiger partial charge in [0.15, 0.2) is 0 Å². The van der Waals surface area contributed by atoms with Crippen molar-refractivity contribution in [1.82, 2.24) is 0 Å². The second-order valence-corrected chi connectivity index (χ2v) is 14.3. The summed E-state index contributed by atoms with van der Waals surface area (Å²) in [5.41, 5.74) is 5.14. The topological polar surface area (TPSA) is 0 Å². The second kappa shape index (κ2) is 12.9. The zero-order valence-corrected chi connectivity index (χ0v) is 30.2. The third-order valence-electron chi connectivity index (χ3n) is 9.81. The number of fused-ring (bicyclic) bond motifs is 6. The van der Waals surface area contributed by atoms with Gasteiger partial charge in [-0.25, -0.2) is 0 Å². The van der Waals surface area contributed by atoms with Gasteiger partial charge >= 0.3 is 0 Å². The molecule has 0 atom stereocenters. The number of hydrogen-bond acceptors (Lipinski definition) is 0. The molecule has 2 heteroatoms. The molecule has 0 spiro atoms. The van der Waals surface area contributed by atoms with Crippen LogP contribution in [0, 0.1) is 0 Å². The van der Waals surface area contributed by atoms with Crippen molar-refractivity contribution in [2.75, 3.05) is 0 Å². The van der Waals surface area contributed by atoms with Crippen molar-refractivity contribution >= 4 is 96.5 Å². The van der Waals surface area contributed by atoms with Gasteiger partial charge in [0, 0.05) is 8.95 Å². The van der Waals surface area contributed by atoms with E-state index < -0.39 is 0 Å². The molecule has 0 N–H and O–H groups in total. The Balaban J connectivity index is 0.000000135. The lowest BCUT2D eigenvalue weighted by Gasteiger charge is -2.15. The molecule has 0 aliphatic heterocycles. The van der Waals surface area contributed by atoms with Gasteiger partial charge in [0.25, 0.3) is 0 Å². The van der Waals surface area contributed by atoms with Gasteiger partial charge in [0.05, 0.1) is 0 Å². The van der Waals surface area contributed by atoms with E-state index in [-0.39, 0.29) is 0 Å². The minimum atomic E-state index is 1.17. The van der Waals surface area contributed by atoms with E-state index in [2.05, 4.69) is 214 Å². The molecule has 0 aliphatic carbocycles. The van der Waals surface area contributed by atoms with E-state index in [1.807, 2.05) is 0 Å². The number of halogens is 2. The van der Waals surface area contributed by atoms with Crippen LogP contribution in [0.3, 0.4) is 0 Å². The first-order chi connectivity index (χ1) is 24.7. The van der Waals surface area contributed by atoms with Crippen LogP contribution >= 0.6 is 31.9 Å². The van der Waals surface area contributed by atoms with Gasteiger partial charge in [0.1, 0.15) is 0 Å². The van der Waals surface area contributed by atoms with E-state index in [0.717, 1.165) is 0 Å². The van der Waals surface area contributed by atoms with Crippen LogP contribution in [0.1, 0.15) is 0 Å². The first-order valence-corrected chi connectivity index (χ1v) is 18.4. The summed E-state index contributed by atoms with van der Waals surface area (Å²) in [6.07, 6.45) is 0. The fourth-order valence-corrected chi connectivity index (χ4v) is 8.85. The molecule has 0 nitrogen and oxygen atoms in total. The Morgan fingerprint density at radius 3 is 0.820 bits per heavy atom. The van der Waals surface area contributed by atoms with Gasteiger partial charge < -0.3 is 0 Å². The van der Waals surface area contributed by atoms with Crippen molar-refractivity contribution in [2.45, 2.75) is 0 Å². The Hall–Kier alpha value is -5.28. The maximum atomic E-state index is 3.83. The van der Waals surface area contributed by atoms with E-state index in [4.69, 9.17) is 0 Å². The standard InChI is InChI=1S/2C24H15Br/c2*25-24-21-11-5-3-9-19(21)23(20-10-4-6-12-22(20)24)18-14-13-16-7-1-2-8-17(16)15-18/h2*1-15H. The Morgan fingerprint density at radius 2 is 0.500 bits per heavy atom. The smallest absolute Gasteiger partial charge is 0.0332 e. The van der Waals surface area contributed by atoms with E-state index in [0.29, 0.717) is 0 Å². The number of hydrogen-bond donors (Lipinski definition) is 0. The molecule has 10 rings (SSSR count). The maximum absolute atomic E-state index is 3.83. The van der Waals surface area contributed by atoms with Crippen LogP contribution in [-0.2, 0) is 0 Å². The van der Waals surface area contributed by atoms with E-state index in [9.17, 15) is 0 Å². The van der Waals surface area contributed by atoms with Crippen LogP contribution in [0.2, 0.25) is 0 Å². The maximum Gasteiger partial charge on any atom is 0.0332 e. The molecular formula is C48H30Br2. The second-order valence-electron chi connectivity index (χ2n) is 12.7. The van der Waals surface area contributed by atoms with Crippen molar-refractivity contribution in [3.8, 4) is 22.3 Å². The Bertz CT molecular complexity index is 2590. The molecule has 0 unspecified atom stereocenters. The van der Waals surface area contributed by atoms with E-state index in [1.54, 1.807) is 0 Å². The normalized spacial score (nSPS) is 11.4. The zero-order valence-electron chi connectivity index (χ0n) is 27.1. The van der Waals surface area contributed by atoms with Crippen molar-refractivity contribution in [3.63, 3.8) is 0 Å². The van der Waals surface area contributed by atoms with Crippen LogP contribution in [0.15, 0.2) is 191 Å². The molecule has 10 aromatic rings. The molecule has 0 saturated carbocycles. The minimum absolute atomic E-state index is 1.17. The molecule has 236 valence electrons. The lowest BCUT2D eigenvalue weighted by atomic mass is 9.91. The molecule has 0 saturated heterocycles. The largest absolute Gasteiger partial charge is 0.0616 e. The molecule has 0 aromatic heterocycles. The van der Waals surface area contributed by atoms with Crippen LogP contribution in [0.4, 0.5) is 0 Å². The highest BCUT2D eigenvalue weighted by Crippen LogP contribution is 2.43. The lowest BCUT2D eigenvalue weighted by Crippen LogP contribution is -1.87. The molecule has 0 bridgehead atoms. The van der Waals surface area contributed by atoms with Gasteiger partial charge in [-0.2, -0.15) is 0 Å². The fourth-order valence-electron chi connectivity index (χ4n) is 7.46. The monoisotopic (exact) mass is 764 g/mol. The zero-order chi connectivity index (χ0) is 33.6. The first kappa shape index (κ1) is 30.8. The highest BCUT2D eigenvalue weighted by Gasteiger charge is 2.15. The third kappa shape index (κ3) is 5.28. The summed E-state index contributed by atoms with van der Waals surface area (Å²) in [5, 5.41) is 15.2. The van der Waals surface area contributed by atoms with Gasteiger partial charge in [-0.3, -0.25) is 0 Å². The summed E-state index contributed by atoms with van der Waals surface area (Å²) >= 11 is 7.66. The molecular weight excluding hydrogens is 736 g/mol. The average Bonchev–Trinajstić information content (AvgIpc) is 3.18. The molecule has 0 radical (unpaired) electrons. The molecule has 10 aromatic carbocycles. The third-order valence-corrected chi connectivity index (χ3v) is 11.5. The highest BCUT2D eigenvalue weighted by molar-refractivity contribution is 9.11.